The molecule has 1 amide bonds. The Morgan fingerprint density at radius 3 is 2.67 bits per heavy atom. The molecule has 0 bridgehead atoms. The van der Waals surface area contributed by atoms with E-state index in [1.165, 1.54) is 23.5 Å². The molecule has 2 aliphatic rings. The van der Waals surface area contributed by atoms with Crippen LogP contribution in [0.2, 0.25) is 0 Å². The van der Waals surface area contributed by atoms with Gasteiger partial charge < -0.3 is 9.64 Å². The molecule has 2 aliphatic heterocycles. The average Bonchev–Trinajstić information content (AvgIpc) is 2.98. The van der Waals surface area contributed by atoms with Gasteiger partial charge in [-0.15, -0.1) is 0 Å². The van der Waals surface area contributed by atoms with Crippen molar-refractivity contribution in [2.24, 2.45) is 5.41 Å². The first-order valence-electron chi connectivity index (χ1n) is 7.89. The molecule has 0 saturated carbocycles. The summed E-state index contributed by atoms with van der Waals surface area (Å²) in [6.07, 6.45) is 2.07. The number of rotatable bonds is 3. The summed E-state index contributed by atoms with van der Waals surface area (Å²) in [4.78, 5) is 14.1. The average molecular weight is 356 g/mol. The predicted molar refractivity (Wildman–Crippen MR) is 85.6 cm³/mol. The lowest BCUT2D eigenvalue weighted by Crippen LogP contribution is -2.48. The van der Waals surface area contributed by atoms with Gasteiger partial charge in [0.2, 0.25) is 15.9 Å². The molecule has 132 valence electrons. The van der Waals surface area contributed by atoms with Crippen LogP contribution >= 0.6 is 0 Å². The molecule has 0 aliphatic carbocycles. The third-order valence-corrected chi connectivity index (χ3v) is 6.87. The van der Waals surface area contributed by atoms with Gasteiger partial charge in [-0.25, -0.2) is 12.8 Å². The van der Waals surface area contributed by atoms with Gasteiger partial charge >= 0.3 is 0 Å². The normalized spacial score (nSPS) is 25.5. The minimum atomic E-state index is -3.84. The van der Waals surface area contributed by atoms with Crippen molar-refractivity contribution in [2.75, 3.05) is 33.8 Å². The van der Waals surface area contributed by atoms with Gasteiger partial charge in [0, 0.05) is 26.7 Å². The number of benzene rings is 1. The second-order valence-corrected chi connectivity index (χ2v) is 8.43. The number of sulfonamides is 1. The summed E-state index contributed by atoms with van der Waals surface area (Å²) in [7, 11) is -0.765. The van der Waals surface area contributed by atoms with Crippen LogP contribution in [0.4, 0.5) is 4.39 Å². The Balaban J connectivity index is 1.87. The van der Waals surface area contributed by atoms with E-state index >= 15 is 0 Å². The van der Waals surface area contributed by atoms with E-state index in [2.05, 4.69) is 0 Å². The lowest BCUT2D eigenvalue weighted by atomic mass is 9.78. The Morgan fingerprint density at radius 2 is 2.00 bits per heavy atom. The van der Waals surface area contributed by atoms with E-state index in [1.807, 2.05) is 0 Å². The lowest BCUT2D eigenvalue weighted by molar-refractivity contribution is -0.143. The van der Waals surface area contributed by atoms with Gasteiger partial charge in [-0.1, -0.05) is 0 Å². The molecule has 2 heterocycles. The largest absolute Gasteiger partial charge is 0.494 e. The molecule has 0 aromatic heterocycles. The van der Waals surface area contributed by atoms with E-state index in [9.17, 15) is 17.6 Å². The highest BCUT2D eigenvalue weighted by molar-refractivity contribution is 7.89. The lowest BCUT2D eigenvalue weighted by Gasteiger charge is -2.37. The minimum Gasteiger partial charge on any atom is -0.494 e. The molecule has 2 saturated heterocycles. The van der Waals surface area contributed by atoms with Gasteiger partial charge in [-0.3, -0.25) is 4.79 Å². The van der Waals surface area contributed by atoms with E-state index < -0.39 is 21.3 Å². The van der Waals surface area contributed by atoms with Crippen molar-refractivity contribution in [2.45, 2.75) is 24.2 Å². The zero-order valence-corrected chi connectivity index (χ0v) is 14.6. The molecule has 1 atom stereocenters. The van der Waals surface area contributed by atoms with Gasteiger partial charge in [-0.2, -0.15) is 4.31 Å². The highest BCUT2D eigenvalue weighted by Gasteiger charge is 2.50. The predicted octanol–water partition coefficient (Wildman–Crippen LogP) is 1.47. The number of ether oxygens (including phenoxy) is 1. The number of hydrogen-bond acceptors (Lipinski definition) is 4. The van der Waals surface area contributed by atoms with Gasteiger partial charge in [0.1, 0.15) is 0 Å². The number of carbonyl (C=O) groups excluding carboxylic acids is 1. The van der Waals surface area contributed by atoms with Crippen LogP contribution in [0.15, 0.2) is 23.1 Å². The molecule has 1 aromatic rings. The molecular formula is C16H21FN2O4S. The van der Waals surface area contributed by atoms with Gasteiger partial charge in [-0.05, 0) is 37.5 Å². The third-order valence-electron chi connectivity index (χ3n) is 5.03. The number of carbonyl (C=O) groups is 1. The monoisotopic (exact) mass is 356 g/mol. The van der Waals surface area contributed by atoms with Crippen LogP contribution < -0.4 is 4.74 Å². The zero-order chi connectivity index (χ0) is 17.5. The summed E-state index contributed by atoms with van der Waals surface area (Å²) in [6, 6.07) is 3.60. The van der Waals surface area contributed by atoms with Gasteiger partial charge in [0.15, 0.2) is 11.6 Å². The highest BCUT2D eigenvalue weighted by Crippen LogP contribution is 2.41. The van der Waals surface area contributed by atoms with Crippen molar-refractivity contribution < 1.29 is 22.3 Å². The van der Waals surface area contributed by atoms with Crippen LogP contribution in [0, 0.1) is 11.2 Å². The molecule has 0 unspecified atom stereocenters. The van der Waals surface area contributed by atoms with Crippen LogP contribution in [-0.2, 0) is 14.8 Å². The second-order valence-electron chi connectivity index (χ2n) is 6.50. The van der Waals surface area contributed by atoms with Crippen LogP contribution in [0.3, 0.4) is 0 Å². The Hall–Kier alpha value is -1.67. The number of amides is 1. The first-order valence-corrected chi connectivity index (χ1v) is 9.33. The molecule has 3 rings (SSSR count). The quantitative estimate of drug-likeness (QED) is 0.823. The maximum atomic E-state index is 13.9. The smallest absolute Gasteiger partial charge is 0.243 e. The number of methoxy groups -OCH3 is 1. The summed E-state index contributed by atoms with van der Waals surface area (Å²) in [5.74, 6) is -0.718. The van der Waals surface area contributed by atoms with Crippen molar-refractivity contribution in [1.82, 2.24) is 9.21 Å². The highest BCUT2D eigenvalue weighted by atomic mass is 32.2. The Morgan fingerprint density at radius 1 is 1.25 bits per heavy atom. The minimum absolute atomic E-state index is 0.00377. The molecular weight excluding hydrogens is 335 g/mol. The topological polar surface area (TPSA) is 66.9 Å². The third kappa shape index (κ3) is 2.67. The summed E-state index contributed by atoms with van der Waals surface area (Å²) >= 11 is 0. The fraction of sp³-hybridized carbons (Fsp3) is 0.562. The standard InChI is InChI=1S/C16H21FN2O4S/c1-18-8-3-6-16(15(18)20)7-9-19(11-16)24(21,22)12-4-5-14(23-2)13(17)10-12/h4-5,10H,3,6-9,11H2,1-2H3/t16-/m0/s1. The SMILES string of the molecule is COc1ccc(S(=O)(=O)N2CC[C@@]3(CCCN(C)C3=O)C2)cc1F. The molecule has 1 aromatic carbocycles. The van der Waals surface area contributed by atoms with Crippen LogP contribution in [-0.4, -0.2) is 57.3 Å². The van der Waals surface area contributed by atoms with Crippen molar-refractivity contribution in [3.63, 3.8) is 0 Å². The first kappa shape index (κ1) is 17.2. The molecule has 0 N–H and O–H groups in total. The van der Waals surface area contributed by atoms with Crippen LogP contribution in [0.5, 0.6) is 5.75 Å². The Labute approximate surface area is 141 Å². The molecule has 8 heteroatoms. The summed E-state index contributed by atoms with van der Waals surface area (Å²) < 4.78 is 45.6. The van der Waals surface area contributed by atoms with Crippen molar-refractivity contribution in [1.29, 1.82) is 0 Å². The molecule has 1 spiro atoms. The van der Waals surface area contributed by atoms with Crippen molar-refractivity contribution >= 4 is 15.9 Å². The van der Waals surface area contributed by atoms with Crippen LogP contribution in [0.25, 0.3) is 0 Å². The van der Waals surface area contributed by atoms with E-state index in [1.54, 1.807) is 11.9 Å². The number of piperidine rings is 1. The summed E-state index contributed by atoms with van der Waals surface area (Å²) in [5.41, 5.74) is -0.634. The van der Waals surface area contributed by atoms with Crippen molar-refractivity contribution in [3.8, 4) is 5.75 Å². The molecule has 6 nitrogen and oxygen atoms in total. The molecule has 24 heavy (non-hydrogen) atoms. The van der Waals surface area contributed by atoms with E-state index in [-0.39, 0.29) is 29.6 Å². The maximum Gasteiger partial charge on any atom is 0.243 e. The van der Waals surface area contributed by atoms with Gasteiger partial charge in [0.25, 0.3) is 0 Å². The first-order chi connectivity index (χ1) is 11.3. The number of hydrogen-bond donors (Lipinski definition) is 0. The molecule has 0 radical (unpaired) electrons. The summed E-state index contributed by atoms with van der Waals surface area (Å²) in [6.45, 7) is 1.14. The number of nitrogens with zero attached hydrogens (tertiary/aromatic N) is 2. The second kappa shape index (κ2) is 6.00. The fourth-order valence-corrected chi connectivity index (χ4v) is 5.18. The zero-order valence-electron chi connectivity index (χ0n) is 13.8. The van der Waals surface area contributed by atoms with E-state index in [0.29, 0.717) is 19.4 Å². The number of likely N-dealkylation sites (tertiary alicyclic amines) is 1. The Bertz CT molecular complexity index is 767. The maximum absolute atomic E-state index is 13.9. The summed E-state index contributed by atoms with van der Waals surface area (Å²) in [5, 5.41) is 0. The van der Waals surface area contributed by atoms with Crippen LogP contribution in [0.1, 0.15) is 19.3 Å². The van der Waals surface area contributed by atoms with Crippen molar-refractivity contribution in [3.05, 3.63) is 24.0 Å². The Kier molecular flexibility index (Phi) is 4.29. The number of halogens is 1. The fourth-order valence-electron chi connectivity index (χ4n) is 3.64. The van der Waals surface area contributed by atoms with Gasteiger partial charge in [0.05, 0.1) is 17.4 Å². The molecule has 2 fully saturated rings. The van der Waals surface area contributed by atoms with E-state index in [4.69, 9.17) is 4.74 Å². The van der Waals surface area contributed by atoms with E-state index in [0.717, 1.165) is 12.5 Å².